The summed E-state index contributed by atoms with van der Waals surface area (Å²) in [6.07, 6.45) is -2.34. The van der Waals surface area contributed by atoms with Crippen LogP contribution in [0.1, 0.15) is 32.3 Å². The van der Waals surface area contributed by atoms with Crippen LogP contribution in [0.2, 0.25) is 0 Å². The topological polar surface area (TPSA) is 116 Å². The molecule has 0 radical (unpaired) electrons. The molecule has 1 aromatic carbocycles. The maximum atomic E-state index is 11.9. The number of benzene rings is 1. The first-order valence-corrected chi connectivity index (χ1v) is 7.69. The summed E-state index contributed by atoms with van der Waals surface area (Å²) in [4.78, 5) is 33.5. The van der Waals surface area contributed by atoms with E-state index >= 15 is 0 Å². The van der Waals surface area contributed by atoms with Crippen LogP contribution in [-0.4, -0.2) is 35.1 Å². The van der Waals surface area contributed by atoms with Crippen LogP contribution in [-0.2, 0) is 20.9 Å². The van der Waals surface area contributed by atoms with Gasteiger partial charge in [-0.2, -0.15) is 0 Å². The summed E-state index contributed by atoms with van der Waals surface area (Å²) >= 11 is 0. The van der Waals surface area contributed by atoms with Gasteiger partial charge in [-0.15, -0.1) is 0 Å². The molecule has 0 aliphatic carbocycles. The molecule has 8 heteroatoms. The van der Waals surface area contributed by atoms with Crippen LogP contribution in [0, 0.1) is 5.92 Å². The number of carbonyl (C=O) groups is 3. The minimum atomic E-state index is -1.86. The minimum Gasteiger partial charge on any atom is -0.542 e. The Bertz CT molecular complexity index is 564. The molecule has 0 saturated carbocycles. The molecule has 0 aliphatic heterocycles. The van der Waals surface area contributed by atoms with E-state index < -0.39 is 36.4 Å². The van der Waals surface area contributed by atoms with E-state index in [1.165, 1.54) is 0 Å². The number of ether oxygens (including phenoxy) is 1. The van der Waals surface area contributed by atoms with E-state index in [2.05, 4.69) is 5.32 Å². The molecular weight excluding hydrogens is 337 g/mol. The Morgan fingerprint density at radius 2 is 1.80 bits per heavy atom. The number of carboxylic acid groups (broad SMARTS) is 1. The van der Waals surface area contributed by atoms with Crippen molar-refractivity contribution in [3.63, 3.8) is 0 Å². The maximum Gasteiger partial charge on any atom is 1.00 e. The van der Waals surface area contributed by atoms with Gasteiger partial charge in [-0.05, 0) is 17.9 Å². The molecule has 7 nitrogen and oxygen atoms in total. The predicted molar refractivity (Wildman–Crippen MR) is 83.6 cm³/mol. The number of aliphatic carboxylic acids is 1. The molecule has 2 N–H and O–H groups in total. The Labute approximate surface area is 169 Å². The summed E-state index contributed by atoms with van der Waals surface area (Å²) in [5, 5.41) is 23.0. The Balaban J connectivity index is 0.00000576. The molecule has 0 spiro atoms. The summed E-state index contributed by atoms with van der Waals surface area (Å²) in [5.74, 6) is -2.96. The first kappa shape index (κ1) is 23.6. The van der Waals surface area contributed by atoms with Gasteiger partial charge in [-0.25, -0.2) is 4.79 Å². The fourth-order valence-corrected chi connectivity index (χ4v) is 2.15. The van der Waals surface area contributed by atoms with Gasteiger partial charge in [0.1, 0.15) is 12.6 Å². The van der Waals surface area contributed by atoms with Crippen LogP contribution < -0.4 is 40.0 Å². The van der Waals surface area contributed by atoms with Crippen LogP contribution in [0.4, 0.5) is 4.79 Å². The smallest absolute Gasteiger partial charge is 0.542 e. The van der Waals surface area contributed by atoms with Crippen molar-refractivity contribution < 1.29 is 58.9 Å². The van der Waals surface area contributed by atoms with Crippen molar-refractivity contribution in [3.8, 4) is 0 Å². The van der Waals surface area contributed by atoms with E-state index in [9.17, 15) is 24.6 Å². The third-order valence-electron chi connectivity index (χ3n) is 3.33. The van der Waals surface area contributed by atoms with Gasteiger partial charge in [0.15, 0.2) is 5.78 Å². The normalized spacial score (nSPS) is 12.6. The van der Waals surface area contributed by atoms with Crippen LogP contribution in [0.25, 0.3) is 0 Å². The number of Topliss-reactive ketones (excluding diaryl/α,β-unsaturated/α-hetero) is 1. The van der Waals surface area contributed by atoms with Gasteiger partial charge in [0.2, 0.25) is 0 Å². The Kier molecular flexibility index (Phi) is 11.3. The molecule has 0 aromatic heterocycles. The molecule has 1 amide bonds. The van der Waals surface area contributed by atoms with E-state index in [0.29, 0.717) is 6.42 Å². The molecule has 0 fully saturated rings. The molecule has 132 valence electrons. The summed E-state index contributed by atoms with van der Waals surface area (Å²) in [6.45, 7) is 3.81. The second kappa shape index (κ2) is 12.0. The number of nitrogens with one attached hydrogen (secondary N) is 1. The maximum absolute atomic E-state index is 11.9. The van der Waals surface area contributed by atoms with Gasteiger partial charge in [-0.3, -0.25) is 4.79 Å². The van der Waals surface area contributed by atoms with Crippen molar-refractivity contribution in [1.29, 1.82) is 0 Å². The molecule has 1 aromatic rings. The van der Waals surface area contributed by atoms with Crippen molar-refractivity contribution in [2.75, 3.05) is 0 Å². The number of aliphatic hydroxyl groups is 1. The first-order chi connectivity index (χ1) is 11.3. The van der Waals surface area contributed by atoms with E-state index in [4.69, 9.17) is 4.74 Å². The molecule has 0 heterocycles. The van der Waals surface area contributed by atoms with E-state index in [1.807, 2.05) is 32.0 Å². The van der Waals surface area contributed by atoms with E-state index in [1.54, 1.807) is 12.1 Å². The van der Waals surface area contributed by atoms with Gasteiger partial charge >= 0.3 is 35.7 Å². The molecule has 2 atom stereocenters. The quantitative estimate of drug-likeness (QED) is 0.369. The zero-order valence-corrected chi connectivity index (χ0v) is 16.7. The zero-order valence-electron chi connectivity index (χ0n) is 14.7. The molecule has 0 saturated heterocycles. The van der Waals surface area contributed by atoms with Crippen molar-refractivity contribution in [1.82, 2.24) is 5.32 Å². The number of carbonyl (C=O) groups excluding carboxylic acids is 3. The second-order valence-corrected chi connectivity index (χ2v) is 5.92. The Morgan fingerprint density at radius 3 is 2.32 bits per heavy atom. The van der Waals surface area contributed by atoms with Crippen molar-refractivity contribution in [2.45, 2.75) is 45.4 Å². The first-order valence-electron chi connectivity index (χ1n) is 7.69. The summed E-state index contributed by atoms with van der Waals surface area (Å²) < 4.78 is 5.07. The van der Waals surface area contributed by atoms with Gasteiger partial charge in [0.05, 0.1) is 12.1 Å². The van der Waals surface area contributed by atoms with Crippen LogP contribution in [0.3, 0.4) is 0 Å². The second-order valence-electron chi connectivity index (χ2n) is 5.92. The molecular formula is C17H22NNaO6. The van der Waals surface area contributed by atoms with Gasteiger partial charge in [0, 0.05) is 6.42 Å². The Morgan fingerprint density at radius 1 is 1.20 bits per heavy atom. The standard InChI is InChI=1S/C17H23NO6.Na/c1-11(2)8-13(14(19)9-15(20)16(21)22)18-17(23)24-10-12-6-4-3-5-7-12;/h3-7,11,13-14,19H,8-10H2,1-2H3,(H,18,23)(H,21,22);/q;+1/p-1/t13-,14+;/m1./s1. The van der Waals surface area contributed by atoms with E-state index in [0.717, 1.165) is 5.56 Å². The molecule has 0 aliphatic rings. The number of carboxylic acids is 1. The molecule has 0 unspecified atom stereocenters. The zero-order chi connectivity index (χ0) is 18.1. The number of rotatable bonds is 9. The number of aliphatic hydroxyl groups excluding tert-OH is 1. The van der Waals surface area contributed by atoms with Crippen LogP contribution >= 0.6 is 0 Å². The van der Waals surface area contributed by atoms with Crippen molar-refractivity contribution in [2.24, 2.45) is 5.92 Å². The summed E-state index contributed by atoms with van der Waals surface area (Å²) in [5.41, 5.74) is 0.806. The van der Waals surface area contributed by atoms with Crippen LogP contribution in [0.15, 0.2) is 30.3 Å². The summed E-state index contributed by atoms with van der Waals surface area (Å²) in [7, 11) is 0. The average Bonchev–Trinajstić information content (AvgIpc) is 2.52. The van der Waals surface area contributed by atoms with Crippen molar-refractivity contribution in [3.05, 3.63) is 35.9 Å². The number of ketones is 1. The molecule has 1 rings (SSSR count). The number of hydrogen-bond donors (Lipinski definition) is 2. The molecule has 25 heavy (non-hydrogen) atoms. The monoisotopic (exact) mass is 359 g/mol. The van der Waals surface area contributed by atoms with Crippen LogP contribution in [0.5, 0.6) is 0 Å². The SMILES string of the molecule is CC(C)C[C@@H](NC(=O)OCc1ccccc1)[C@@H](O)CC(=O)C(=O)[O-].[Na+]. The predicted octanol–water partition coefficient (Wildman–Crippen LogP) is -2.60. The fourth-order valence-electron chi connectivity index (χ4n) is 2.15. The largest absolute Gasteiger partial charge is 1.00 e. The average molecular weight is 359 g/mol. The fraction of sp³-hybridized carbons (Fsp3) is 0.471. The Hall–Kier alpha value is -1.41. The minimum absolute atomic E-state index is 0. The molecule has 0 bridgehead atoms. The third kappa shape index (κ3) is 9.60. The van der Waals surface area contributed by atoms with Gasteiger partial charge in [-0.1, -0.05) is 44.2 Å². The summed E-state index contributed by atoms with van der Waals surface area (Å²) in [6, 6.07) is 8.27. The van der Waals surface area contributed by atoms with Crippen molar-refractivity contribution >= 4 is 17.8 Å². The van der Waals surface area contributed by atoms with Gasteiger partial charge in [0.25, 0.3) is 0 Å². The third-order valence-corrected chi connectivity index (χ3v) is 3.33. The number of hydrogen-bond acceptors (Lipinski definition) is 6. The number of alkyl carbamates (subject to hydrolysis) is 1. The van der Waals surface area contributed by atoms with Gasteiger partial charge < -0.3 is 25.1 Å². The van der Waals surface area contributed by atoms with E-state index in [-0.39, 0.29) is 42.1 Å². The number of amides is 1.